The maximum absolute atomic E-state index is 6.74. The summed E-state index contributed by atoms with van der Waals surface area (Å²) in [6.07, 6.45) is 5.97. The van der Waals surface area contributed by atoms with Crippen molar-refractivity contribution in [1.82, 2.24) is 0 Å². The second kappa shape index (κ2) is 51.2. The zero-order valence-electron chi connectivity index (χ0n) is 61.5. The van der Waals surface area contributed by atoms with Crippen LogP contribution in [0.1, 0.15) is 190 Å². The van der Waals surface area contributed by atoms with Crippen molar-refractivity contribution in [2.24, 2.45) is 0 Å². The molecular formula is C78H115O17P5. The van der Waals surface area contributed by atoms with Crippen LogP contribution in [-0.4, -0.2) is 119 Å². The molecule has 554 valence electrons. The van der Waals surface area contributed by atoms with E-state index in [0.717, 1.165) is 89.5 Å². The molecule has 6 rings (SSSR count). The minimum absolute atomic E-state index is 0.244. The van der Waals surface area contributed by atoms with Crippen molar-refractivity contribution < 1.29 is 78.2 Å². The van der Waals surface area contributed by atoms with Crippen molar-refractivity contribution in [2.45, 2.75) is 157 Å². The topological polar surface area (TPSA) is 157 Å². The molecule has 0 aliphatic rings. The Bertz CT molecular complexity index is 2790. The Morgan fingerprint density at radius 1 is 0.240 bits per heavy atom. The van der Waals surface area contributed by atoms with Crippen molar-refractivity contribution in [1.29, 1.82) is 0 Å². The molecule has 0 radical (unpaired) electrons. The molecule has 0 amide bonds. The number of hydrogen-bond donors (Lipinski definition) is 0. The molecule has 0 bridgehead atoms. The molecule has 6 aromatic carbocycles. The zero-order chi connectivity index (χ0) is 71.4. The Kier molecular flexibility index (Phi) is 43.5. The summed E-state index contributed by atoms with van der Waals surface area (Å²) >= 11 is 0. The van der Waals surface area contributed by atoms with Crippen LogP contribution < -0.4 is 27.9 Å². The van der Waals surface area contributed by atoms with E-state index in [4.69, 9.17) is 78.2 Å². The van der Waals surface area contributed by atoms with Crippen LogP contribution in [-0.2, 0) is 55.6 Å². The van der Waals surface area contributed by atoms with Gasteiger partial charge in [-0.25, -0.2) is 0 Å². The van der Waals surface area contributed by atoms with Gasteiger partial charge in [-0.2, -0.15) is 0 Å². The Morgan fingerprint density at radius 3 is 0.740 bits per heavy atom. The van der Waals surface area contributed by atoms with Crippen LogP contribution >= 0.6 is 42.1 Å². The van der Waals surface area contributed by atoms with E-state index in [1.54, 1.807) is 0 Å². The molecule has 0 saturated heterocycles. The molecular weight excluding hydrogens is 1360 g/mol. The summed E-state index contributed by atoms with van der Waals surface area (Å²) in [7, 11) is -6.25. The van der Waals surface area contributed by atoms with Gasteiger partial charge in [0, 0.05) is 8.27 Å². The molecule has 17 nitrogen and oxygen atoms in total. The average Bonchev–Trinajstić information content (AvgIpc) is 0.862. The minimum Gasteiger partial charge on any atom is -0.444 e. The summed E-state index contributed by atoms with van der Waals surface area (Å²) in [5.74, 6) is 5.91. The fraction of sp³-hybridized carbons (Fsp3) is 0.538. The first-order valence-electron chi connectivity index (χ1n) is 36.1. The second-order valence-corrected chi connectivity index (χ2v) is 31.1. The van der Waals surface area contributed by atoms with Crippen molar-refractivity contribution in [3.05, 3.63) is 179 Å². The van der Waals surface area contributed by atoms with Gasteiger partial charge in [0.05, 0.1) is 119 Å². The van der Waals surface area contributed by atoms with E-state index >= 15 is 0 Å². The summed E-state index contributed by atoms with van der Waals surface area (Å²) < 4.78 is 106. The SMILES string of the molecule is CCC(C)c1ccccc1OP(OCCOCCOCCOP(OCCOCCOCCOP(Oc1ccccc1C(C)CC)Pc1ccccc1C(C)CC)Oc1ccccc1C(C)CC)OCCOCCOCCOP(Oc1ccccc1C(C)CC)Oc1ccccc1C(C)CC. The van der Waals surface area contributed by atoms with Crippen molar-refractivity contribution in [3.8, 4) is 28.7 Å². The van der Waals surface area contributed by atoms with Gasteiger partial charge >= 0.3 is 25.8 Å². The Hall–Kier alpha value is -4.01. The van der Waals surface area contributed by atoms with Gasteiger partial charge in [-0.3, -0.25) is 4.52 Å². The number of ether oxygens (including phenoxy) is 6. The maximum atomic E-state index is 6.74. The summed E-state index contributed by atoms with van der Waals surface area (Å²) in [5.41, 5.74) is 6.99. The molecule has 22 heteroatoms. The first-order chi connectivity index (χ1) is 48.9. The Morgan fingerprint density at radius 2 is 0.450 bits per heavy atom. The highest BCUT2D eigenvalue weighted by molar-refractivity contribution is 8.20. The Labute approximate surface area is 606 Å². The minimum atomic E-state index is -1.79. The number of hydrogen-bond acceptors (Lipinski definition) is 17. The van der Waals surface area contributed by atoms with Crippen LogP contribution in [0.25, 0.3) is 0 Å². The average molecular weight is 1480 g/mol. The van der Waals surface area contributed by atoms with Crippen LogP contribution in [0.15, 0.2) is 146 Å². The van der Waals surface area contributed by atoms with E-state index in [2.05, 4.69) is 150 Å². The molecule has 100 heavy (non-hydrogen) atoms. The number of benzene rings is 6. The smallest absolute Gasteiger partial charge is 0.444 e. The summed E-state index contributed by atoms with van der Waals surface area (Å²) in [5, 5.41) is 1.29. The largest absolute Gasteiger partial charge is 0.463 e. The van der Waals surface area contributed by atoms with Crippen LogP contribution in [0.3, 0.4) is 0 Å². The van der Waals surface area contributed by atoms with E-state index in [0.29, 0.717) is 118 Å². The van der Waals surface area contributed by atoms with Crippen LogP contribution in [0.5, 0.6) is 28.7 Å². The molecule has 10 atom stereocenters. The molecule has 6 aromatic rings. The number of rotatable bonds is 57. The summed E-state index contributed by atoms with van der Waals surface area (Å²) in [4.78, 5) is 0. The van der Waals surface area contributed by atoms with Gasteiger partial charge < -0.3 is 73.7 Å². The van der Waals surface area contributed by atoms with Gasteiger partial charge in [0.1, 0.15) is 28.7 Å². The molecule has 0 saturated carbocycles. The molecule has 0 spiro atoms. The predicted octanol–water partition coefficient (Wildman–Crippen LogP) is 21.6. The maximum Gasteiger partial charge on any atom is 0.463 e. The third-order valence-electron chi connectivity index (χ3n) is 17.2. The first-order valence-corrected chi connectivity index (χ1v) is 42.4. The molecule has 0 fully saturated rings. The third kappa shape index (κ3) is 31.4. The van der Waals surface area contributed by atoms with E-state index in [-0.39, 0.29) is 44.9 Å². The Balaban J connectivity index is 0.884. The molecule has 0 aromatic heterocycles. The normalized spacial score (nSPS) is 14.8. The van der Waals surface area contributed by atoms with Gasteiger partial charge in [-0.1, -0.05) is 198 Å². The van der Waals surface area contributed by atoms with E-state index < -0.39 is 33.9 Å². The molecule has 0 aliphatic heterocycles. The first kappa shape index (κ1) is 84.9. The highest BCUT2D eigenvalue weighted by Crippen LogP contribution is 2.58. The fourth-order valence-electron chi connectivity index (χ4n) is 10.0. The fourth-order valence-corrected chi connectivity index (χ4v) is 16.6. The lowest BCUT2D eigenvalue weighted by atomic mass is 9.98. The van der Waals surface area contributed by atoms with Gasteiger partial charge in [0.2, 0.25) is 0 Å². The molecule has 0 N–H and O–H groups in total. The van der Waals surface area contributed by atoms with Gasteiger partial charge in [-0.15, -0.1) is 0 Å². The van der Waals surface area contributed by atoms with Crippen molar-refractivity contribution in [3.63, 3.8) is 0 Å². The van der Waals surface area contributed by atoms with Crippen LogP contribution in [0, 0.1) is 0 Å². The van der Waals surface area contributed by atoms with Crippen molar-refractivity contribution >= 4 is 47.4 Å². The third-order valence-corrected chi connectivity index (χ3v) is 24.1. The predicted molar refractivity (Wildman–Crippen MR) is 410 cm³/mol. The van der Waals surface area contributed by atoms with Crippen molar-refractivity contribution in [2.75, 3.05) is 119 Å². The van der Waals surface area contributed by atoms with E-state index in [1.165, 1.54) is 16.4 Å². The standard InChI is InChI=1S/C78H115O17P5/c1-13-61(7)67-31-19-25-37-73(67)91-97(87-57-51-81-45-46-83-53-59-89-99(93-75-39-27-21-33-69(75)63(9)15-3)94-76-40-28-22-34-70(76)64(10)16-4)85-55-49-79-43-44-80-50-56-86-98(92-74-38-26-20-32-68(74)62(8)14-2)88-58-52-82-47-48-84-54-60-90-100(95-77-41-29-23-35-71(77)65(11)17-5)96-78-42-30-24-36-72(78)66(12)18-6/h19-42,61-66,96H,13-18,43-60H2,1-12H3. The van der Waals surface area contributed by atoms with E-state index in [9.17, 15) is 0 Å². The lowest BCUT2D eigenvalue weighted by Gasteiger charge is -2.23. The molecule has 0 aliphatic carbocycles. The quantitative estimate of drug-likeness (QED) is 0.0262. The van der Waals surface area contributed by atoms with Gasteiger partial charge in [-0.05, 0) is 143 Å². The molecule has 10 unspecified atom stereocenters. The van der Waals surface area contributed by atoms with E-state index in [1.807, 2.05) is 78.9 Å². The lowest BCUT2D eigenvalue weighted by molar-refractivity contribution is 0.0164. The highest BCUT2D eigenvalue weighted by atomic mass is 32.1. The van der Waals surface area contributed by atoms with Gasteiger partial charge in [0.25, 0.3) is 8.06 Å². The zero-order valence-corrected chi connectivity index (χ0v) is 66.1. The monoisotopic (exact) mass is 1480 g/mol. The summed E-state index contributed by atoms with van der Waals surface area (Å²) in [6, 6.07) is 49.3. The number of para-hydroxylation sites is 5. The lowest BCUT2D eigenvalue weighted by Crippen LogP contribution is -2.14. The van der Waals surface area contributed by atoms with Crippen LogP contribution in [0.4, 0.5) is 0 Å². The molecule has 0 heterocycles. The summed E-state index contributed by atoms with van der Waals surface area (Å²) in [6.45, 7) is 32.3. The van der Waals surface area contributed by atoms with Crippen LogP contribution in [0.2, 0.25) is 0 Å². The van der Waals surface area contributed by atoms with Gasteiger partial charge in [0.15, 0.2) is 0 Å². The second-order valence-electron chi connectivity index (χ2n) is 24.3. The highest BCUT2D eigenvalue weighted by Gasteiger charge is 2.26.